The Bertz CT molecular complexity index is 813. The van der Waals surface area contributed by atoms with E-state index in [1.807, 2.05) is 0 Å². The summed E-state index contributed by atoms with van der Waals surface area (Å²) in [7, 11) is -3.64. The molecule has 0 bridgehead atoms. The van der Waals surface area contributed by atoms with Crippen LogP contribution >= 0.6 is 0 Å². The summed E-state index contributed by atoms with van der Waals surface area (Å²) in [6.07, 6.45) is -7.29. The number of rotatable bonds is 15. The summed E-state index contributed by atoms with van der Waals surface area (Å²) in [5.41, 5.74) is -0.985. The SMILES string of the molecule is CC[C@H](/C=C(\C)C=O)CO[Si](CCC(F)(F)C(F)(F)C(F)(F)C(F)(F)C(F)(F)C(F)(F)F)(C(C)C)C(C)C. The Balaban J connectivity index is 6.33. The van der Waals surface area contributed by atoms with Crippen LogP contribution in [0.25, 0.3) is 0 Å². The highest BCUT2D eigenvalue weighted by molar-refractivity contribution is 6.76. The minimum Gasteiger partial charge on any atom is -0.416 e. The minimum atomic E-state index is -7.91. The quantitative estimate of drug-likeness (QED) is 0.0809. The fourth-order valence-corrected chi connectivity index (χ4v) is 8.45. The zero-order valence-corrected chi connectivity index (χ0v) is 22.4. The van der Waals surface area contributed by atoms with Crippen molar-refractivity contribution in [3.8, 4) is 0 Å². The van der Waals surface area contributed by atoms with Crippen LogP contribution < -0.4 is 0 Å². The monoisotopic (exact) mass is 602 g/mol. The molecular formula is C22H31F13O2Si. The number of halogens is 13. The van der Waals surface area contributed by atoms with E-state index in [9.17, 15) is 61.9 Å². The number of allylic oxidation sites excluding steroid dienone is 1. The van der Waals surface area contributed by atoms with Crippen molar-refractivity contribution in [3.05, 3.63) is 11.6 Å². The van der Waals surface area contributed by atoms with Crippen LogP contribution in [-0.4, -0.2) is 57.0 Å². The third kappa shape index (κ3) is 6.69. The van der Waals surface area contributed by atoms with Crippen LogP contribution in [0, 0.1) is 5.92 Å². The largest absolute Gasteiger partial charge is 0.460 e. The van der Waals surface area contributed by atoms with E-state index < -0.39 is 73.6 Å². The van der Waals surface area contributed by atoms with E-state index in [0.717, 1.165) is 0 Å². The molecule has 0 unspecified atom stereocenters. The van der Waals surface area contributed by atoms with Gasteiger partial charge < -0.3 is 4.43 Å². The molecule has 0 aliphatic rings. The van der Waals surface area contributed by atoms with E-state index in [0.29, 0.717) is 18.3 Å². The fourth-order valence-electron chi connectivity index (χ4n) is 3.92. The van der Waals surface area contributed by atoms with Gasteiger partial charge in [-0.1, -0.05) is 40.7 Å². The van der Waals surface area contributed by atoms with Crippen molar-refractivity contribution in [1.29, 1.82) is 0 Å². The second-order valence-corrected chi connectivity index (χ2v) is 14.8. The summed E-state index contributed by atoms with van der Waals surface area (Å²) in [6, 6.07) is -1.05. The molecule has 0 N–H and O–H groups in total. The van der Waals surface area contributed by atoms with Gasteiger partial charge >= 0.3 is 35.8 Å². The van der Waals surface area contributed by atoms with Crippen LogP contribution in [0.4, 0.5) is 57.1 Å². The molecule has 0 aromatic carbocycles. The van der Waals surface area contributed by atoms with Gasteiger partial charge in [-0.15, -0.1) is 0 Å². The smallest absolute Gasteiger partial charge is 0.416 e. The van der Waals surface area contributed by atoms with Gasteiger partial charge in [-0.25, -0.2) is 0 Å². The lowest BCUT2D eigenvalue weighted by atomic mass is 9.93. The van der Waals surface area contributed by atoms with Crippen molar-refractivity contribution in [2.24, 2.45) is 5.92 Å². The standard InChI is InChI=1S/C22H31F13O2Si/c1-7-16(10-15(6)11-36)12-37-38(13(2)3,14(4)5)9-8-17(23,24)18(25,26)19(27,28)20(29,30)21(31,32)22(33,34)35/h10-11,13-14,16H,7-9,12H2,1-6H3/b15-10+/t16-/m1/s1. The summed E-state index contributed by atoms with van der Waals surface area (Å²) in [4.78, 5) is 10.9. The molecule has 0 saturated carbocycles. The summed E-state index contributed by atoms with van der Waals surface area (Å²) in [5.74, 6) is -37.3. The number of aldehydes is 1. The Hall–Kier alpha value is -1.32. The number of hydrogen-bond acceptors (Lipinski definition) is 2. The molecule has 0 amide bonds. The lowest BCUT2D eigenvalue weighted by molar-refractivity contribution is -0.440. The van der Waals surface area contributed by atoms with Crippen molar-refractivity contribution in [2.75, 3.05) is 6.61 Å². The number of carbonyl (C=O) groups excluding carboxylic acids is 1. The number of alkyl halides is 13. The van der Waals surface area contributed by atoms with Crippen molar-refractivity contribution in [1.82, 2.24) is 0 Å². The van der Waals surface area contributed by atoms with Crippen LogP contribution in [0.3, 0.4) is 0 Å². The Kier molecular flexibility index (Phi) is 11.6. The molecule has 0 radical (unpaired) electrons. The van der Waals surface area contributed by atoms with Crippen LogP contribution in [0.2, 0.25) is 17.1 Å². The average molecular weight is 603 g/mol. The van der Waals surface area contributed by atoms with Crippen molar-refractivity contribution < 1.29 is 66.3 Å². The lowest BCUT2D eigenvalue weighted by Gasteiger charge is -2.42. The molecule has 16 heteroatoms. The van der Waals surface area contributed by atoms with Gasteiger partial charge in [-0.2, -0.15) is 57.1 Å². The molecule has 0 spiro atoms. The maximum atomic E-state index is 14.5. The third-order valence-electron chi connectivity index (χ3n) is 6.56. The fraction of sp³-hybridized carbons (Fsp3) is 0.864. The molecule has 0 rings (SSSR count). The summed E-state index contributed by atoms with van der Waals surface area (Å²) in [5, 5.41) is 0. The molecule has 2 nitrogen and oxygen atoms in total. The Morgan fingerprint density at radius 3 is 1.53 bits per heavy atom. The van der Waals surface area contributed by atoms with E-state index in [1.54, 1.807) is 6.92 Å². The first-order valence-electron chi connectivity index (χ1n) is 11.5. The van der Waals surface area contributed by atoms with E-state index in [2.05, 4.69) is 0 Å². The third-order valence-corrected chi connectivity index (χ3v) is 12.2. The van der Waals surface area contributed by atoms with Crippen molar-refractivity contribution in [3.63, 3.8) is 0 Å². The highest BCUT2D eigenvalue weighted by Gasteiger charge is 2.90. The summed E-state index contributed by atoms with van der Waals surface area (Å²) >= 11 is 0. The molecule has 0 aliphatic carbocycles. The van der Waals surface area contributed by atoms with Crippen molar-refractivity contribution >= 4 is 14.6 Å². The predicted molar refractivity (Wildman–Crippen MR) is 116 cm³/mol. The molecule has 0 aromatic rings. The van der Waals surface area contributed by atoms with Gasteiger partial charge in [0, 0.05) is 13.0 Å². The zero-order valence-electron chi connectivity index (χ0n) is 21.4. The van der Waals surface area contributed by atoms with Crippen LogP contribution in [-0.2, 0) is 9.22 Å². The number of carbonyl (C=O) groups is 1. The average Bonchev–Trinajstić information content (AvgIpc) is 2.76. The highest BCUT2D eigenvalue weighted by atomic mass is 28.4. The molecule has 0 aromatic heterocycles. The second kappa shape index (κ2) is 12.0. The van der Waals surface area contributed by atoms with Gasteiger partial charge in [0.25, 0.3) is 0 Å². The molecule has 1 atom stereocenters. The van der Waals surface area contributed by atoms with E-state index in [-0.39, 0.29) is 6.61 Å². The minimum absolute atomic E-state index is 0.196. The van der Waals surface area contributed by atoms with Crippen LogP contribution in [0.1, 0.15) is 54.4 Å². The first-order valence-corrected chi connectivity index (χ1v) is 13.7. The molecular weight excluding hydrogens is 571 g/mol. The van der Waals surface area contributed by atoms with E-state index in [4.69, 9.17) is 4.43 Å². The van der Waals surface area contributed by atoms with Gasteiger partial charge in [0.15, 0.2) is 8.32 Å². The molecule has 0 saturated heterocycles. The number of hydrogen-bond donors (Lipinski definition) is 0. The van der Waals surface area contributed by atoms with Crippen LogP contribution in [0.5, 0.6) is 0 Å². The maximum Gasteiger partial charge on any atom is 0.460 e. The first-order chi connectivity index (χ1) is 16.7. The molecule has 226 valence electrons. The zero-order chi connectivity index (χ0) is 30.8. The predicted octanol–water partition coefficient (Wildman–Crippen LogP) is 9.07. The highest BCUT2D eigenvalue weighted by Crippen LogP contribution is 2.61. The Morgan fingerprint density at radius 2 is 1.18 bits per heavy atom. The van der Waals surface area contributed by atoms with Gasteiger partial charge in [0.2, 0.25) is 0 Å². The van der Waals surface area contributed by atoms with Gasteiger partial charge in [0.1, 0.15) is 6.29 Å². The topological polar surface area (TPSA) is 26.3 Å². The van der Waals surface area contributed by atoms with Gasteiger partial charge in [-0.3, -0.25) is 4.79 Å². The summed E-state index contributed by atoms with van der Waals surface area (Å²) < 4.78 is 181. The van der Waals surface area contributed by atoms with Crippen molar-refractivity contribution in [2.45, 2.75) is 107 Å². The summed E-state index contributed by atoms with van der Waals surface area (Å²) in [6.45, 7) is 8.80. The molecule has 0 fully saturated rings. The Morgan fingerprint density at radius 1 is 0.763 bits per heavy atom. The maximum absolute atomic E-state index is 14.5. The molecule has 0 heterocycles. The van der Waals surface area contributed by atoms with Gasteiger partial charge in [-0.05, 0) is 42.0 Å². The van der Waals surface area contributed by atoms with Gasteiger partial charge in [0.05, 0.1) is 0 Å². The van der Waals surface area contributed by atoms with E-state index >= 15 is 0 Å². The van der Waals surface area contributed by atoms with E-state index in [1.165, 1.54) is 40.7 Å². The second-order valence-electron chi connectivity index (χ2n) is 9.77. The Labute approximate surface area is 213 Å². The normalized spacial score (nSPS) is 16.4. The molecule has 0 aliphatic heterocycles. The molecule has 38 heavy (non-hydrogen) atoms. The lowest BCUT2D eigenvalue weighted by Crippen LogP contribution is -2.70. The first kappa shape index (κ1) is 36.7. The van der Waals surface area contributed by atoms with Crippen LogP contribution in [0.15, 0.2) is 11.6 Å².